The fraction of sp³-hybridized carbons (Fsp3) is 0.286. The smallest absolute Gasteiger partial charge is 0.255 e. The van der Waals surface area contributed by atoms with E-state index in [1.807, 2.05) is 6.92 Å². The lowest BCUT2D eigenvalue weighted by molar-refractivity contribution is 0.0952. The number of sulfonamides is 1. The molecule has 10 nitrogen and oxygen atoms in total. The van der Waals surface area contributed by atoms with E-state index in [1.165, 1.54) is 25.3 Å². The van der Waals surface area contributed by atoms with E-state index in [1.54, 1.807) is 31.2 Å². The van der Waals surface area contributed by atoms with Crippen molar-refractivity contribution in [2.45, 2.75) is 25.3 Å². The van der Waals surface area contributed by atoms with Gasteiger partial charge in [0.15, 0.2) is 0 Å². The summed E-state index contributed by atoms with van der Waals surface area (Å²) in [6.07, 6.45) is 0. The van der Waals surface area contributed by atoms with Crippen LogP contribution in [0.1, 0.15) is 30.1 Å². The third kappa shape index (κ3) is 5.42. The van der Waals surface area contributed by atoms with E-state index >= 15 is 0 Å². The number of carbonyl (C=O) groups is 1. The third-order valence-electron chi connectivity index (χ3n) is 4.37. The summed E-state index contributed by atoms with van der Waals surface area (Å²) in [7, 11) is -2.55. The number of benzene rings is 2. The van der Waals surface area contributed by atoms with Crippen molar-refractivity contribution in [2.75, 3.05) is 20.3 Å². The van der Waals surface area contributed by atoms with Crippen LogP contribution >= 0.6 is 0 Å². The van der Waals surface area contributed by atoms with Gasteiger partial charge in [-0.2, -0.15) is 4.98 Å². The minimum Gasteiger partial charge on any atom is -0.496 e. The van der Waals surface area contributed by atoms with Gasteiger partial charge in [-0.3, -0.25) is 4.79 Å². The van der Waals surface area contributed by atoms with Gasteiger partial charge < -0.3 is 19.3 Å². The first-order chi connectivity index (χ1) is 15.4. The summed E-state index contributed by atoms with van der Waals surface area (Å²) in [5.41, 5.74) is 0.820. The molecule has 1 aromatic heterocycles. The van der Waals surface area contributed by atoms with E-state index < -0.39 is 15.9 Å². The highest BCUT2D eigenvalue weighted by atomic mass is 32.2. The molecule has 3 rings (SSSR count). The normalized spacial score (nSPS) is 11.2. The second kappa shape index (κ2) is 10.2. The highest BCUT2D eigenvalue weighted by Gasteiger charge is 2.20. The van der Waals surface area contributed by atoms with Gasteiger partial charge in [-0.05, 0) is 56.3 Å². The van der Waals surface area contributed by atoms with Gasteiger partial charge in [0.25, 0.3) is 5.91 Å². The SMILES string of the molecule is CCNC(=O)c1cc(S(=O)(=O)NCc2nc(-c3ccc(OCC)cc3)no2)ccc1OC. The number of rotatable bonds is 10. The summed E-state index contributed by atoms with van der Waals surface area (Å²) in [6, 6.07) is 11.2. The van der Waals surface area contributed by atoms with Crippen molar-refractivity contribution >= 4 is 15.9 Å². The predicted octanol–water partition coefficient (Wildman–Crippen LogP) is 2.37. The van der Waals surface area contributed by atoms with Gasteiger partial charge in [0, 0.05) is 12.1 Å². The summed E-state index contributed by atoms with van der Waals surface area (Å²) >= 11 is 0. The Kier molecular flexibility index (Phi) is 7.44. The number of carbonyl (C=O) groups excluding carboxylic acids is 1. The molecule has 32 heavy (non-hydrogen) atoms. The van der Waals surface area contributed by atoms with Crippen LogP contribution in [0.15, 0.2) is 51.9 Å². The van der Waals surface area contributed by atoms with Crippen LogP contribution in [0, 0.1) is 0 Å². The molecule has 0 aliphatic carbocycles. The maximum atomic E-state index is 12.7. The zero-order chi connectivity index (χ0) is 23.1. The minimum atomic E-state index is -3.95. The van der Waals surface area contributed by atoms with Gasteiger partial charge in [0.1, 0.15) is 11.5 Å². The number of hydrogen-bond acceptors (Lipinski definition) is 8. The number of aromatic nitrogens is 2. The molecule has 0 aliphatic rings. The molecule has 0 fully saturated rings. The van der Waals surface area contributed by atoms with E-state index in [9.17, 15) is 13.2 Å². The zero-order valence-electron chi connectivity index (χ0n) is 17.9. The van der Waals surface area contributed by atoms with Crippen molar-refractivity contribution in [2.24, 2.45) is 0 Å². The number of hydrogen-bond donors (Lipinski definition) is 2. The Balaban J connectivity index is 1.73. The van der Waals surface area contributed by atoms with Gasteiger partial charge in [0.05, 0.1) is 30.7 Å². The molecule has 170 valence electrons. The quantitative estimate of drug-likeness (QED) is 0.471. The summed E-state index contributed by atoms with van der Waals surface area (Å²) in [5.74, 6) is 0.976. The summed E-state index contributed by atoms with van der Waals surface area (Å²) in [5, 5.41) is 6.51. The minimum absolute atomic E-state index is 0.0918. The lowest BCUT2D eigenvalue weighted by Gasteiger charge is -2.11. The Morgan fingerprint density at radius 2 is 1.88 bits per heavy atom. The van der Waals surface area contributed by atoms with Crippen LogP contribution in [0.3, 0.4) is 0 Å². The van der Waals surface area contributed by atoms with E-state index in [0.717, 1.165) is 5.75 Å². The molecule has 0 saturated carbocycles. The van der Waals surface area contributed by atoms with Crippen molar-refractivity contribution in [3.05, 3.63) is 53.9 Å². The highest BCUT2D eigenvalue weighted by molar-refractivity contribution is 7.89. The molecule has 2 aromatic carbocycles. The van der Waals surface area contributed by atoms with Gasteiger partial charge >= 0.3 is 0 Å². The molecule has 11 heteroatoms. The first kappa shape index (κ1) is 23.2. The van der Waals surface area contributed by atoms with Crippen molar-refractivity contribution in [3.8, 4) is 22.9 Å². The Hall–Kier alpha value is -3.44. The van der Waals surface area contributed by atoms with Crippen LogP contribution in [0.25, 0.3) is 11.4 Å². The predicted molar refractivity (Wildman–Crippen MR) is 116 cm³/mol. The molecule has 0 spiro atoms. The van der Waals surface area contributed by atoms with Crippen LogP contribution in [0.4, 0.5) is 0 Å². The van der Waals surface area contributed by atoms with E-state index in [2.05, 4.69) is 20.2 Å². The van der Waals surface area contributed by atoms with E-state index in [4.69, 9.17) is 14.0 Å². The van der Waals surface area contributed by atoms with Gasteiger partial charge in [0.2, 0.25) is 21.7 Å². The summed E-state index contributed by atoms with van der Waals surface area (Å²) in [6.45, 7) is 4.40. The zero-order valence-corrected chi connectivity index (χ0v) is 18.7. The molecule has 2 N–H and O–H groups in total. The van der Waals surface area contributed by atoms with Gasteiger partial charge in [-0.15, -0.1) is 0 Å². The Bertz CT molecular complexity index is 1180. The standard InChI is InChI=1S/C21H24N4O6S/c1-4-22-21(26)17-12-16(10-11-18(17)29-3)32(27,28)23-13-19-24-20(25-31-19)14-6-8-15(9-7-14)30-5-2/h6-12,23H,4-5,13H2,1-3H3,(H,22,26). The molecule has 0 aliphatic heterocycles. The Labute approximate surface area is 186 Å². The van der Waals surface area contributed by atoms with Crippen LogP contribution in [0.5, 0.6) is 11.5 Å². The average Bonchev–Trinajstić information content (AvgIpc) is 3.27. The fourth-order valence-corrected chi connectivity index (χ4v) is 3.84. The van der Waals surface area contributed by atoms with Crippen molar-refractivity contribution in [3.63, 3.8) is 0 Å². The largest absolute Gasteiger partial charge is 0.496 e. The number of amides is 1. The summed E-state index contributed by atoms with van der Waals surface area (Å²) < 4.78 is 43.6. The lowest BCUT2D eigenvalue weighted by atomic mass is 10.2. The monoisotopic (exact) mass is 460 g/mol. The topological polar surface area (TPSA) is 133 Å². The molecule has 0 bridgehead atoms. The maximum absolute atomic E-state index is 12.7. The highest BCUT2D eigenvalue weighted by Crippen LogP contribution is 2.23. The molecule has 1 amide bonds. The summed E-state index contributed by atoms with van der Waals surface area (Å²) in [4.78, 5) is 16.4. The van der Waals surface area contributed by atoms with Crippen molar-refractivity contribution in [1.82, 2.24) is 20.2 Å². The van der Waals surface area contributed by atoms with E-state index in [-0.39, 0.29) is 28.6 Å². The van der Waals surface area contributed by atoms with Crippen LogP contribution in [-0.4, -0.2) is 44.7 Å². The molecule has 0 unspecified atom stereocenters. The number of ether oxygens (including phenoxy) is 2. The molecular formula is C21H24N4O6S. The Morgan fingerprint density at radius 1 is 1.12 bits per heavy atom. The van der Waals surface area contributed by atoms with Crippen LogP contribution in [0.2, 0.25) is 0 Å². The molecule has 3 aromatic rings. The first-order valence-electron chi connectivity index (χ1n) is 9.89. The number of nitrogens with one attached hydrogen (secondary N) is 2. The van der Waals surface area contributed by atoms with Crippen molar-refractivity contribution in [1.29, 1.82) is 0 Å². The number of nitrogens with zero attached hydrogens (tertiary/aromatic N) is 2. The maximum Gasteiger partial charge on any atom is 0.255 e. The number of methoxy groups -OCH3 is 1. The van der Waals surface area contributed by atoms with Crippen LogP contribution in [-0.2, 0) is 16.6 Å². The van der Waals surface area contributed by atoms with Gasteiger partial charge in [-0.25, -0.2) is 13.1 Å². The Morgan fingerprint density at radius 3 is 2.53 bits per heavy atom. The average molecular weight is 461 g/mol. The molecule has 0 saturated heterocycles. The second-order valence-corrected chi connectivity index (χ2v) is 8.28. The molecule has 1 heterocycles. The third-order valence-corrected chi connectivity index (χ3v) is 5.77. The van der Waals surface area contributed by atoms with Crippen LogP contribution < -0.4 is 19.5 Å². The van der Waals surface area contributed by atoms with Crippen molar-refractivity contribution < 1.29 is 27.2 Å². The first-order valence-corrected chi connectivity index (χ1v) is 11.4. The van der Waals surface area contributed by atoms with E-state index in [0.29, 0.717) is 24.5 Å². The molecule has 0 radical (unpaired) electrons. The molecular weight excluding hydrogens is 436 g/mol. The molecule has 0 atom stereocenters. The lowest BCUT2D eigenvalue weighted by Crippen LogP contribution is -2.26. The fourth-order valence-electron chi connectivity index (χ4n) is 2.84. The van der Waals surface area contributed by atoms with Gasteiger partial charge in [-0.1, -0.05) is 5.16 Å². The second-order valence-electron chi connectivity index (χ2n) is 6.52.